The number of esters is 1. The highest BCUT2D eigenvalue weighted by Gasteiger charge is 2.07. The Labute approximate surface area is 121 Å². The maximum absolute atomic E-state index is 11.3. The molecule has 0 saturated carbocycles. The van der Waals surface area contributed by atoms with Gasteiger partial charge in [-0.1, -0.05) is 30.3 Å². The first-order chi connectivity index (χ1) is 10.1. The third-order valence-corrected chi connectivity index (χ3v) is 2.40. The Morgan fingerprint density at radius 1 is 1.00 bits per heavy atom. The fraction of sp³-hybridized carbons (Fsp3) is 0.357. The first kappa shape index (κ1) is 16.5. The van der Waals surface area contributed by atoms with E-state index in [-0.39, 0.29) is 26.1 Å². The molecular weight excluding hydrogens is 278 g/mol. The molecule has 2 N–H and O–H groups in total. The number of carboxylic acids is 1. The van der Waals surface area contributed by atoms with Gasteiger partial charge in [-0.05, 0) is 5.56 Å². The summed E-state index contributed by atoms with van der Waals surface area (Å²) in [6, 6.07) is 9.33. The van der Waals surface area contributed by atoms with Crippen molar-refractivity contribution in [2.24, 2.45) is 0 Å². The molecule has 0 spiro atoms. The monoisotopic (exact) mass is 295 g/mol. The SMILES string of the molecule is O=C(O)CCC(=O)OCCOC(=O)NCc1ccccc1. The number of hydrogen-bond donors (Lipinski definition) is 2. The lowest BCUT2D eigenvalue weighted by atomic mass is 10.2. The molecular formula is C14H17NO6. The van der Waals surface area contributed by atoms with Gasteiger partial charge >= 0.3 is 18.0 Å². The van der Waals surface area contributed by atoms with E-state index < -0.39 is 18.0 Å². The second-order valence-electron chi connectivity index (χ2n) is 4.09. The molecule has 1 aromatic carbocycles. The third-order valence-electron chi connectivity index (χ3n) is 2.40. The number of hydrogen-bond acceptors (Lipinski definition) is 5. The molecule has 0 aromatic heterocycles. The van der Waals surface area contributed by atoms with Crippen molar-refractivity contribution in [1.29, 1.82) is 0 Å². The lowest BCUT2D eigenvalue weighted by molar-refractivity contribution is -0.148. The summed E-state index contributed by atoms with van der Waals surface area (Å²) < 4.78 is 9.49. The molecule has 7 heteroatoms. The van der Waals surface area contributed by atoms with Crippen LogP contribution in [-0.4, -0.2) is 36.4 Å². The van der Waals surface area contributed by atoms with Gasteiger partial charge < -0.3 is 19.9 Å². The second-order valence-corrected chi connectivity index (χ2v) is 4.09. The molecule has 0 unspecified atom stereocenters. The van der Waals surface area contributed by atoms with Crippen LogP contribution in [0.3, 0.4) is 0 Å². The van der Waals surface area contributed by atoms with Crippen molar-refractivity contribution >= 4 is 18.0 Å². The van der Waals surface area contributed by atoms with E-state index in [0.29, 0.717) is 6.54 Å². The average Bonchev–Trinajstić information content (AvgIpc) is 2.48. The number of nitrogens with one attached hydrogen (secondary N) is 1. The second kappa shape index (κ2) is 9.35. The van der Waals surface area contributed by atoms with E-state index in [1.54, 1.807) is 0 Å². The van der Waals surface area contributed by atoms with E-state index in [0.717, 1.165) is 5.56 Å². The number of aliphatic carboxylic acids is 1. The van der Waals surface area contributed by atoms with Gasteiger partial charge in [0.1, 0.15) is 13.2 Å². The number of carbonyl (C=O) groups is 3. The van der Waals surface area contributed by atoms with Gasteiger partial charge in [-0.2, -0.15) is 0 Å². The average molecular weight is 295 g/mol. The summed E-state index contributed by atoms with van der Waals surface area (Å²) in [7, 11) is 0. The van der Waals surface area contributed by atoms with E-state index >= 15 is 0 Å². The predicted octanol–water partition coefficient (Wildman–Crippen LogP) is 1.32. The number of alkyl carbamates (subject to hydrolysis) is 1. The Hall–Kier alpha value is -2.57. The van der Waals surface area contributed by atoms with E-state index in [1.165, 1.54) is 0 Å². The Bertz CT molecular complexity index is 474. The normalized spacial score (nSPS) is 9.71. The molecule has 0 heterocycles. The van der Waals surface area contributed by atoms with Gasteiger partial charge in [-0.3, -0.25) is 9.59 Å². The molecule has 0 aliphatic rings. The zero-order chi connectivity index (χ0) is 15.5. The van der Waals surface area contributed by atoms with E-state index in [4.69, 9.17) is 14.6 Å². The van der Waals surface area contributed by atoms with Crippen molar-refractivity contribution in [3.63, 3.8) is 0 Å². The summed E-state index contributed by atoms with van der Waals surface area (Å²) >= 11 is 0. The number of amides is 1. The fourth-order valence-corrected chi connectivity index (χ4v) is 1.39. The largest absolute Gasteiger partial charge is 0.481 e. The van der Waals surface area contributed by atoms with Crippen LogP contribution < -0.4 is 5.32 Å². The van der Waals surface area contributed by atoms with Gasteiger partial charge in [0, 0.05) is 6.54 Å². The Balaban J connectivity index is 2.05. The van der Waals surface area contributed by atoms with Gasteiger partial charge in [-0.15, -0.1) is 0 Å². The number of carboxylic acid groups (broad SMARTS) is 1. The summed E-state index contributed by atoms with van der Waals surface area (Å²) in [5.74, 6) is -1.70. The van der Waals surface area contributed by atoms with Crippen LogP contribution >= 0.6 is 0 Å². The molecule has 1 amide bonds. The van der Waals surface area contributed by atoms with Gasteiger partial charge in [0.15, 0.2) is 0 Å². The van der Waals surface area contributed by atoms with Crippen LogP contribution in [-0.2, 0) is 25.6 Å². The number of benzene rings is 1. The maximum Gasteiger partial charge on any atom is 0.407 e. The lowest BCUT2D eigenvalue weighted by Gasteiger charge is -2.07. The minimum absolute atomic E-state index is 0.0839. The summed E-state index contributed by atoms with van der Waals surface area (Å²) in [6.07, 6.45) is -1.09. The Morgan fingerprint density at radius 2 is 1.67 bits per heavy atom. The molecule has 0 bridgehead atoms. The maximum atomic E-state index is 11.3. The van der Waals surface area contributed by atoms with E-state index in [2.05, 4.69) is 5.32 Å². The van der Waals surface area contributed by atoms with Crippen molar-refractivity contribution in [2.75, 3.05) is 13.2 Å². The topological polar surface area (TPSA) is 102 Å². The van der Waals surface area contributed by atoms with Gasteiger partial charge in [0.25, 0.3) is 0 Å². The van der Waals surface area contributed by atoms with Gasteiger partial charge in [0.05, 0.1) is 12.8 Å². The molecule has 1 rings (SSSR count). The molecule has 0 fully saturated rings. The molecule has 0 saturated heterocycles. The molecule has 21 heavy (non-hydrogen) atoms. The first-order valence-electron chi connectivity index (χ1n) is 6.40. The van der Waals surface area contributed by atoms with E-state index in [9.17, 15) is 14.4 Å². The van der Waals surface area contributed by atoms with Crippen molar-refractivity contribution in [1.82, 2.24) is 5.32 Å². The summed E-state index contributed by atoms with van der Waals surface area (Å²) in [6.45, 7) is 0.161. The molecule has 0 radical (unpaired) electrons. The van der Waals surface area contributed by atoms with Crippen LogP contribution in [0.15, 0.2) is 30.3 Å². The van der Waals surface area contributed by atoms with Gasteiger partial charge in [0.2, 0.25) is 0 Å². The predicted molar refractivity (Wildman–Crippen MR) is 72.5 cm³/mol. The van der Waals surface area contributed by atoms with Crippen LogP contribution in [0.25, 0.3) is 0 Å². The van der Waals surface area contributed by atoms with E-state index in [1.807, 2.05) is 30.3 Å². The molecule has 0 aliphatic carbocycles. The van der Waals surface area contributed by atoms with Gasteiger partial charge in [-0.25, -0.2) is 4.79 Å². The lowest BCUT2D eigenvalue weighted by Crippen LogP contribution is -2.25. The fourth-order valence-electron chi connectivity index (χ4n) is 1.39. The Kier molecular flexibility index (Phi) is 7.34. The zero-order valence-electron chi connectivity index (χ0n) is 11.4. The van der Waals surface area contributed by atoms with Crippen molar-refractivity contribution in [2.45, 2.75) is 19.4 Å². The van der Waals surface area contributed by atoms with Crippen molar-refractivity contribution in [3.05, 3.63) is 35.9 Å². The quantitative estimate of drug-likeness (QED) is 0.554. The minimum Gasteiger partial charge on any atom is -0.481 e. The van der Waals surface area contributed by atoms with Crippen molar-refractivity contribution < 1.29 is 29.0 Å². The smallest absolute Gasteiger partial charge is 0.407 e. The summed E-state index contributed by atoms with van der Waals surface area (Å²) in [5.41, 5.74) is 0.939. The standard InChI is InChI=1S/C14H17NO6/c16-12(17)6-7-13(18)20-8-9-21-14(19)15-10-11-4-2-1-3-5-11/h1-5H,6-10H2,(H,15,19)(H,16,17). The highest BCUT2D eigenvalue weighted by Crippen LogP contribution is 1.97. The third kappa shape index (κ3) is 8.25. The number of carbonyl (C=O) groups excluding carboxylic acids is 2. The number of rotatable bonds is 8. The van der Waals surface area contributed by atoms with Crippen molar-refractivity contribution in [3.8, 4) is 0 Å². The minimum atomic E-state index is -1.07. The highest BCUT2D eigenvalue weighted by atomic mass is 16.6. The summed E-state index contributed by atoms with van der Waals surface area (Å²) in [4.78, 5) is 32.6. The zero-order valence-corrected chi connectivity index (χ0v) is 11.4. The molecule has 7 nitrogen and oxygen atoms in total. The number of ether oxygens (including phenoxy) is 2. The Morgan fingerprint density at radius 3 is 2.33 bits per heavy atom. The van der Waals surface area contributed by atoms with Crippen LogP contribution in [0.5, 0.6) is 0 Å². The highest BCUT2D eigenvalue weighted by molar-refractivity contribution is 5.76. The van der Waals surface area contributed by atoms with Crippen LogP contribution in [0.2, 0.25) is 0 Å². The molecule has 0 atom stereocenters. The first-order valence-corrected chi connectivity index (χ1v) is 6.40. The summed E-state index contributed by atoms with van der Waals surface area (Å²) in [5, 5.41) is 10.9. The molecule has 114 valence electrons. The van der Waals surface area contributed by atoms with Crippen LogP contribution in [0.1, 0.15) is 18.4 Å². The van der Waals surface area contributed by atoms with Crippen LogP contribution in [0, 0.1) is 0 Å². The molecule has 0 aliphatic heterocycles. The van der Waals surface area contributed by atoms with Crippen LogP contribution in [0.4, 0.5) is 4.79 Å². The molecule has 1 aromatic rings.